The fourth-order valence-corrected chi connectivity index (χ4v) is 2.42. The van der Waals surface area contributed by atoms with Crippen molar-refractivity contribution in [1.29, 1.82) is 0 Å². The highest BCUT2D eigenvalue weighted by Gasteiger charge is 2.29. The van der Waals surface area contributed by atoms with Crippen molar-refractivity contribution in [2.45, 2.75) is 32.9 Å². The second-order valence-corrected chi connectivity index (χ2v) is 5.75. The van der Waals surface area contributed by atoms with Crippen molar-refractivity contribution in [2.75, 3.05) is 40.3 Å². The summed E-state index contributed by atoms with van der Waals surface area (Å²) >= 11 is 0. The molecule has 4 nitrogen and oxygen atoms in total. The van der Waals surface area contributed by atoms with E-state index in [0.717, 1.165) is 6.54 Å². The topological polar surface area (TPSA) is 26.8 Å². The number of halogens is 1. The van der Waals surface area contributed by atoms with Gasteiger partial charge in [0.05, 0.1) is 0 Å². The standard InChI is InChI=1S/C14H26FN3O/c1-11(2)18-9-8-17(10-12(18)3)14(19)13(15)6-7-16(4)5/h6,11-12H,7-10H2,1-5H3/b13-6-. The minimum Gasteiger partial charge on any atom is -0.334 e. The van der Waals surface area contributed by atoms with Gasteiger partial charge in [0.2, 0.25) is 0 Å². The normalized spacial score (nSPS) is 22.4. The zero-order valence-corrected chi connectivity index (χ0v) is 12.7. The Kier molecular flexibility index (Phi) is 5.94. The molecule has 1 aliphatic rings. The molecule has 0 bridgehead atoms. The summed E-state index contributed by atoms with van der Waals surface area (Å²) in [6.45, 7) is 8.83. The summed E-state index contributed by atoms with van der Waals surface area (Å²) in [5, 5.41) is 0. The molecule has 0 radical (unpaired) electrons. The monoisotopic (exact) mass is 271 g/mol. The molecule has 1 rings (SSSR count). The first-order valence-corrected chi connectivity index (χ1v) is 6.88. The second kappa shape index (κ2) is 7.01. The summed E-state index contributed by atoms with van der Waals surface area (Å²) in [5.41, 5.74) is 0. The van der Waals surface area contributed by atoms with Gasteiger partial charge < -0.3 is 9.80 Å². The van der Waals surface area contributed by atoms with E-state index in [1.807, 2.05) is 19.0 Å². The lowest BCUT2D eigenvalue weighted by molar-refractivity contribution is -0.131. The molecule has 0 N–H and O–H groups in total. The van der Waals surface area contributed by atoms with Crippen LogP contribution >= 0.6 is 0 Å². The fraction of sp³-hybridized carbons (Fsp3) is 0.786. The van der Waals surface area contributed by atoms with Crippen LogP contribution in [0.5, 0.6) is 0 Å². The van der Waals surface area contributed by atoms with Crippen LogP contribution in [0.4, 0.5) is 4.39 Å². The van der Waals surface area contributed by atoms with Gasteiger partial charge in [-0.25, -0.2) is 4.39 Å². The van der Waals surface area contributed by atoms with Crippen LogP contribution in [0.1, 0.15) is 20.8 Å². The molecule has 1 amide bonds. The molecule has 0 aliphatic carbocycles. The van der Waals surface area contributed by atoms with Crippen LogP contribution < -0.4 is 0 Å². The number of amides is 1. The summed E-state index contributed by atoms with van der Waals surface area (Å²) < 4.78 is 13.8. The van der Waals surface area contributed by atoms with Crippen molar-refractivity contribution in [3.05, 3.63) is 11.9 Å². The molecule has 0 aromatic rings. The Morgan fingerprint density at radius 2 is 2.05 bits per heavy atom. The summed E-state index contributed by atoms with van der Waals surface area (Å²) in [6, 6.07) is 0.737. The molecular weight excluding hydrogens is 245 g/mol. The Morgan fingerprint density at radius 1 is 1.42 bits per heavy atom. The Hall–Kier alpha value is -0.940. The van der Waals surface area contributed by atoms with Crippen molar-refractivity contribution < 1.29 is 9.18 Å². The number of nitrogens with zero attached hydrogens (tertiary/aromatic N) is 3. The van der Waals surface area contributed by atoms with Gasteiger partial charge >= 0.3 is 0 Å². The zero-order chi connectivity index (χ0) is 14.6. The Bertz CT molecular complexity index is 342. The van der Waals surface area contributed by atoms with Gasteiger partial charge in [-0.1, -0.05) is 0 Å². The largest absolute Gasteiger partial charge is 0.334 e. The smallest absolute Gasteiger partial charge is 0.282 e. The summed E-state index contributed by atoms with van der Waals surface area (Å²) in [5.74, 6) is -1.11. The number of hydrogen-bond acceptors (Lipinski definition) is 3. The molecular formula is C14H26FN3O. The first-order chi connectivity index (χ1) is 8.82. The molecule has 110 valence electrons. The predicted molar refractivity (Wildman–Crippen MR) is 75.6 cm³/mol. The minimum absolute atomic E-state index is 0.277. The quantitative estimate of drug-likeness (QED) is 0.722. The van der Waals surface area contributed by atoms with E-state index in [1.165, 1.54) is 6.08 Å². The van der Waals surface area contributed by atoms with Crippen molar-refractivity contribution >= 4 is 5.91 Å². The maximum absolute atomic E-state index is 13.8. The van der Waals surface area contributed by atoms with Crippen LogP contribution in [0.25, 0.3) is 0 Å². The average Bonchev–Trinajstić information content (AvgIpc) is 2.34. The van der Waals surface area contributed by atoms with E-state index >= 15 is 0 Å². The van der Waals surface area contributed by atoms with Gasteiger partial charge in [-0.2, -0.15) is 0 Å². The lowest BCUT2D eigenvalue weighted by Crippen LogP contribution is -2.55. The Morgan fingerprint density at radius 3 is 2.53 bits per heavy atom. The number of rotatable bonds is 4. The van der Waals surface area contributed by atoms with Gasteiger partial charge in [0.15, 0.2) is 5.83 Å². The Balaban J connectivity index is 2.58. The van der Waals surface area contributed by atoms with Gasteiger partial charge in [-0.3, -0.25) is 9.69 Å². The molecule has 1 saturated heterocycles. The lowest BCUT2D eigenvalue weighted by atomic mass is 10.1. The highest BCUT2D eigenvalue weighted by molar-refractivity contribution is 5.91. The van der Waals surface area contributed by atoms with Crippen LogP contribution in [0.3, 0.4) is 0 Å². The fourth-order valence-electron chi connectivity index (χ4n) is 2.42. The molecule has 0 saturated carbocycles. The second-order valence-electron chi connectivity index (χ2n) is 5.75. The van der Waals surface area contributed by atoms with Gasteiger partial charge in [0, 0.05) is 38.3 Å². The Labute approximate surface area is 115 Å². The summed E-state index contributed by atoms with van der Waals surface area (Å²) in [6.07, 6.45) is 1.35. The van der Waals surface area contributed by atoms with Crippen LogP contribution in [0, 0.1) is 0 Å². The van der Waals surface area contributed by atoms with E-state index in [-0.39, 0.29) is 6.04 Å². The third-order valence-corrected chi connectivity index (χ3v) is 3.47. The third-order valence-electron chi connectivity index (χ3n) is 3.47. The molecule has 1 fully saturated rings. The predicted octanol–water partition coefficient (Wildman–Crippen LogP) is 1.34. The highest BCUT2D eigenvalue weighted by Crippen LogP contribution is 2.15. The summed E-state index contributed by atoms with van der Waals surface area (Å²) in [4.78, 5) is 17.8. The molecule has 5 heteroatoms. The molecule has 1 heterocycles. The number of hydrogen-bond donors (Lipinski definition) is 0. The number of carbonyl (C=O) groups is 1. The molecule has 1 unspecified atom stereocenters. The molecule has 0 aromatic heterocycles. The molecule has 0 spiro atoms. The molecule has 1 atom stereocenters. The zero-order valence-electron chi connectivity index (χ0n) is 12.7. The average molecular weight is 271 g/mol. The highest BCUT2D eigenvalue weighted by atomic mass is 19.1. The number of likely N-dealkylation sites (N-methyl/N-ethyl adjacent to an activating group) is 1. The molecule has 1 aliphatic heterocycles. The van der Waals surface area contributed by atoms with E-state index in [0.29, 0.717) is 25.7 Å². The minimum atomic E-state index is -0.640. The molecule has 19 heavy (non-hydrogen) atoms. The maximum atomic E-state index is 13.8. The van der Waals surface area contributed by atoms with E-state index in [4.69, 9.17) is 0 Å². The summed E-state index contributed by atoms with van der Waals surface area (Å²) in [7, 11) is 3.69. The van der Waals surface area contributed by atoms with Crippen LogP contribution in [-0.2, 0) is 4.79 Å². The SMILES string of the molecule is CC(C)N1CCN(C(=O)/C(F)=C/CN(C)C)CC1C. The van der Waals surface area contributed by atoms with Crippen LogP contribution in [0.15, 0.2) is 11.9 Å². The van der Waals surface area contributed by atoms with Gasteiger partial charge in [0.25, 0.3) is 5.91 Å². The van der Waals surface area contributed by atoms with Crippen LogP contribution in [-0.4, -0.2) is 73.0 Å². The maximum Gasteiger partial charge on any atom is 0.282 e. The van der Waals surface area contributed by atoms with Crippen molar-refractivity contribution in [1.82, 2.24) is 14.7 Å². The van der Waals surface area contributed by atoms with E-state index < -0.39 is 11.7 Å². The van der Waals surface area contributed by atoms with Crippen molar-refractivity contribution in [3.63, 3.8) is 0 Å². The van der Waals surface area contributed by atoms with Gasteiger partial charge in [-0.05, 0) is 40.9 Å². The number of piperazine rings is 1. The van der Waals surface area contributed by atoms with Gasteiger partial charge in [0.1, 0.15) is 0 Å². The third kappa shape index (κ3) is 4.58. The van der Waals surface area contributed by atoms with Crippen LogP contribution in [0.2, 0.25) is 0 Å². The van der Waals surface area contributed by atoms with Crippen molar-refractivity contribution in [2.24, 2.45) is 0 Å². The van der Waals surface area contributed by atoms with Gasteiger partial charge in [-0.15, -0.1) is 0 Å². The molecule has 0 aromatic carbocycles. The van der Waals surface area contributed by atoms with E-state index in [1.54, 1.807) is 4.90 Å². The first kappa shape index (κ1) is 16.1. The van der Waals surface area contributed by atoms with Crippen molar-refractivity contribution in [3.8, 4) is 0 Å². The lowest BCUT2D eigenvalue weighted by Gasteiger charge is -2.41. The number of carbonyl (C=O) groups excluding carboxylic acids is 1. The van der Waals surface area contributed by atoms with E-state index in [9.17, 15) is 9.18 Å². The first-order valence-electron chi connectivity index (χ1n) is 6.88. The van der Waals surface area contributed by atoms with E-state index in [2.05, 4.69) is 25.7 Å².